The van der Waals surface area contributed by atoms with Crippen LogP contribution in [0.4, 0.5) is 0 Å². The summed E-state index contributed by atoms with van der Waals surface area (Å²) in [5.41, 5.74) is 3.56. The van der Waals surface area contributed by atoms with Crippen molar-refractivity contribution >= 4 is 23.1 Å². The SMILES string of the molecule is Cc1ccc(SCc2noc(-c3ccsc3)n2)c(C)c1. The summed E-state index contributed by atoms with van der Waals surface area (Å²) in [6.45, 7) is 4.23. The van der Waals surface area contributed by atoms with Crippen LogP contribution in [-0.2, 0) is 5.75 Å². The first-order valence-corrected chi connectivity index (χ1v) is 8.20. The van der Waals surface area contributed by atoms with Crippen LogP contribution in [0.2, 0.25) is 0 Å². The summed E-state index contributed by atoms with van der Waals surface area (Å²) in [5, 5.41) is 8.04. The summed E-state index contributed by atoms with van der Waals surface area (Å²) < 4.78 is 5.28. The molecule has 1 aromatic carbocycles. The monoisotopic (exact) mass is 302 g/mol. The molecule has 0 aliphatic carbocycles. The second-order valence-corrected chi connectivity index (χ2v) is 6.38. The van der Waals surface area contributed by atoms with E-state index in [-0.39, 0.29) is 0 Å². The predicted molar refractivity (Wildman–Crippen MR) is 83.1 cm³/mol. The maximum Gasteiger partial charge on any atom is 0.258 e. The Hall–Kier alpha value is -1.59. The lowest BCUT2D eigenvalue weighted by Gasteiger charge is -2.04. The Kier molecular flexibility index (Phi) is 3.89. The summed E-state index contributed by atoms with van der Waals surface area (Å²) in [4.78, 5) is 5.68. The highest BCUT2D eigenvalue weighted by atomic mass is 32.2. The molecule has 0 saturated heterocycles. The highest BCUT2D eigenvalue weighted by Crippen LogP contribution is 2.27. The van der Waals surface area contributed by atoms with E-state index in [1.54, 1.807) is 23.1 Å². The average Bonchev–Trinajstić information content (AvgIpc) is 3.08. The summed E-state index contributed by atoms with van der Waals surface area (Å²) in [6.07, 6.45) is 0. The number of hydrogen-bond donors (Lipinski definition) is 0. The highest BCUT2D eigenvalue weighted by Gasteiger charge is 2.10. The molecule has 0 radical (unpaired) electrons. The number of hydrogen-bond acceptors (Lipinski definition) is 5. The van der Waals surface area contributed by atoms with Crippen molar-refractivity contribution < 1.29 is 4.52 Å². The van der Waals surface area contributed by atoms with Gasteiger partial charge in [-0.05, 0) is 36.9 Å². The van der Waals surface area contributed by atoms with Crippen molar-refractivity contribution in [2.24, 2.45) is 0 Å². The molecular formula is C15H14N2OS2. The third kappa shape index (κ3) is 2.94. The minimum Gasteiger partial charge on any atom is -0.334 e. The normalized spacial score (nSPS) is 10.9. The molecule has 0 fully saturated rings. The number of aryl methyl sites for hydroxylation is 2. The fourth-order valence-electron chi connectivity index (χ4n) is 1.92. The number of nitrogens with zero attached hydrogens (tertiary/aromatic N) is 2. The van der Waals surface area contributed by atoms with Gasteiger partial charge in [-0.1, -0.05) is 22.9 Å². The smallest absolute Gasteiger partial charge is 0.258 e. The number of thioether (sulfide) groups is 1. The molecule has 0 N–H and O–H groups in total. The van der Waals surface area contributed by atoms with Crippen LogP contribution < -0.4 is 0 Å². The van der Waals surface area contributed by atoms with Crippen molar-refractivity contribution in [1.82, 2.24) is 10.1 Å². The zero-order chi connectivity index (χ0) is 13.9. The van der Waals surface area contributed by atoms with Crippen molar-refractivity contribution in [2.75, 3.05) is 0 Å². The lowest BCUT2D eigenvalue weighted by atomic mass is 10.2. The van der Waals surface area contributed by atoms with Gasteiger partial charge in [0.1, 0.15) is 0 Å². The van der Waals surface area contributed by atoms with Crippen LogP contribution in [0.3, 0.4) is 0 Å². The van der Waals surface area contributed by atoms with Gasteiger partial charge in [0.05, 0.1) is 11.3 Å². The van der Waals surface area contributed by atoms with E-state index in [0.29, 0.717) is 5.89 Å². The number of rotatable bonds is 4. The van der Waals surface area contributed by atoms with Crippen LogP contribution in [0.25, 0.3) is 11.5 Å². The van der Waals surface area contributed by atoms with Crippen LogP contribution in [0.15, 0.2) is 44.4 Å². The topological polar surface area (TPSA) is 38.9 Å². The Bertz CT molecular complexity index is 704. The molecule has 102 valence electrons. The Labute approximate surface area is 126 Å². The zero-order valence-electron chi connectivity index (χ0n) is 11.3. The van der Waals surface area contributed by atoms with Crippen LogP contribution in [0.5, 0.6) is 0 Å². The highest BCUT2D eigenvalue weighted by molar-refractivity contribution is 7.98. The van der Waals surface area contributed by atoms with E-state index < -0.39 is 0 Å². The maximum atomic E-state index is 5.28. The molecule has 0 amide bonds. The predicted octanol–water partition coefficient (Wildman–Crippen LogP) is 4.71. The van der Waals surface area contributed by atoms with E-state index in [0.717, 1.165) is 17.1 Å². The zero-order valence-corrected chi connectivity index (χ0v) is 12.9. The van der Waals surface area contributed by atoms with Gasteiger partial charge in [-0.3, -0.25) is 0 Å². The minimum absolute atomic E-state index is 0.600. The van der Waals surface area contributed by atoms with Gasteiger partial charge >= 0.3 is 0 Å². The van der Waals surface area contributed by atoms with Crippen LogP contribution in [-0.4, -0.2) is 10.1 Å². The van der Waals surface area contributed by atoms with Gasteiger partial charge in [-0.25, -0.2) is 0 Å². The third-order valence-corrected chi connectivity index (χ3v) is 4.78. The van der Waals surface area contributed by atoms with Gasteiger partial charge in [-0.2, -0.15) is 16.3 Å². The van der Waals surface area contributed by atoms with Gasteiger partial charge in [0.2, 0.25) is 0 Å². The first-order chi connectivity index (χ1) is 9.72. The number of benzene rings is 1. The van der Waals surface area contributed by atoms with Gasteiger partial charge in [-0.15, -0.1) is 11.8 Å². The van der Waals surface area contributed by atoms with E-state index in [9.17, 15) is 0 Å². The van der Waals surface area contributed by atoms with E-state index in [2.05, 4.69) is 42.2 Å². The van der Waals surface area contributed by atoms with Crippen LogP contribution >= 0.6 is 23.1 Å². The molecule has 0 aliphatic rings. The summed E-state index contributed by atoms with van der Waals surface area (Å²) in [6, 6.07) is 8.45. The molecule has 20 heavy (non-hydrogen) atoms. The Morgan fingerprint density at radius 1 is 1.25 bits per heavy atom. The fourth-order valence-corrected chi connectivity index (χ4v) is 3.40. The molecule has 5 heteroatoms. The van der Waals surface area contributed by atoms with Crippen LogP contribution in [0.1, 0.15) is 17.0 Å². The van der Waals surface area contributed by atoms with Crippen molar-refractivity contribution in [3.8, 4) is 11.5 Å². The quantitative estimate of drug-likeness (QED) is 0.654. The van der Waals surface area contributed by atoms with Gasteiger partial charge < -0.3 is 4.52 Å². The maximum absolute atomic E-state index is 5.28. The van der Waals surface area contributed by atoms with Crippen molar-refractivity contribution in [3.63, 3.8) is 0 Å². The molecule has 2 heterocycles. The lowest BCUT2D eigenvalue weighted by Crippen LogP contribution is -1.86. The molecular weight excluding hydrogens is 288 g/mol. The van der Waals surface area contributed by atoms with Crippen LogP contribution in [0, 0.1) is 13.8 Å². The Morgan fingerprint density at radius 3 is 2.90 bits per heavy atom. The first kappa shape index (κ1) is 13.4. The van der Waals surface area contributed by atoms with Crippen molar-refractivity contribution in [2.45, 2.75) is 24.5 Å². The van der Waals surface area contributed by atoms with Gasteiger partial charge in [0.25, 0.3) is 5.89 Å². The molecule has 2 aromatic heterocycles. The number of thiophene rings is 1. The molecule has 3 rings (SSSR count). The van der Waals surface area contributed by atoms with E-state index in [1.807, 2.05) is 16.8 Å². The lowest BCUT2D eigenvalue weighted by molar-refractivity contribution is 0.425. The van der Waals surface area contributed by atoms with E-state index in [4.69, 9.17) is 4.52 Å². The number of aromatic nitrogens is 2. The molecule has 0 aliphatic heterocycles. The second-order valence-electron chi connectivity index (χ2n) is 4.59. The molecule has 0 bridgehead atoms. The molecule has 0 unspecified atom stereocenters. The molecule has 0 saturated carbocycles. The van der Waals surface area contributed by atoms with E-state index >= 15 is 0 Å². The largest absolute Gasteiger partial charge is 0.334 e. The van der Waals surface area contributed by atoms with E-state index in [1.165, 1.54) is 16.0 Å². The summed E-state index contributed by atoms with van der Waals surface area (Å²) in [5.74, 6) is 2.05. The molecule has 3 aromatic rings. The molecule has 3 nitrogen and oxygen atoms in total. The van der Waals surface area contributed by atoms with Gasteiger partial charge in [0.15, 0.2) is 5.82 Å². The third-order valence-electron chi connectivity index (χ3n) is 2.92. The minimum atomic E-state index is 0.600. The van der Waals surface area contributed by atoms with Crippen molar-refractivity contribution in [3.05, 3.63) is 52.0 Å². The molecule has 0 atom stereocenters. The summed E-state index contributed by atoms with van der Waals surface area (Å²) >= 11 is 3.36. The fraction of sp³-hybridized carbons (Fsp3) is 0.200. The molecule has 0 spiro atoms. The first-order valence-electron chi connectivity index (χ1n) is 6.27. The Balaban J connectivity index is 1.70. The Morgan fingerprint density at radius 2 is 2.15 bits per heavy atom. The standard InChI is InChI=1S/C15H14N2OS2/c1-10-3-4-13(11(2)7-10)20-9-14-16-15(18-17-14)12-5-6-19-8-12/h3-8H,9H2,1-2H3. The van der Waals surface area contributed by atoms with Crippen molar-refractivity contribution in [1.29, 1.82) is 0 Å². The summed E-state index contributed by atoms with van der Waals surface area (Å²) in [7, 11) is 0. The second kappa shape index (κ2) is 5.81. The average molecular weight is 302 g/mol. The van der Waals surface area contributed by atoms with Gasteiger partial charge in [0, 0.05) is 10.3 Å².